The molecule has 16 N–H and O–H groups in total. The Bertz CT molecular complexity index is 1750. The van der Waals surface area contributed by atoms with Crippen LogP contribution in [-0.4, -0.2) is 159 Å². The second-order valence-corrected chi connectivity index (χ2v) is 17.4. The van der Waals surface area contributed by atoms with Gasteiger partial charge in [0.25, 0.3) is 0 Å². The zero-order valence-corrected chi connectivity index (χ0v) is 39.0. The molecule has 0 spiro atoms. The molecule has 0 saturated carbocycles. The highest BCUT2D eigenvalue weighted by atomic mass is 16.4. The molecule has 374 valence electrons. The van der Waals surface area contributed by atoms with E-state index in [1.165, 1.54) is 32.6 Å². The molecule has 1 saturated heterocycles. The average Bonchev–Trinajstić information content (AvgIpc) is 3.71. The first-order chi connectivity index (χ1) is 30.7. The van der Waals surface area contributed by atoms with Crippen molar-refractivity contribution >= 4 is 65.2 Å². The summed E-state index contributed by atoms with van der Waals surface area (Å²) in [6.07, 6.45) is -1.39. The highest BCUT2D eigenvalue weighted by molar-refractivity contribution is 5.98. The minimum absolute atomic E-state index is 0.0292. The van der Waals surface area contributed by atoms with Gasteiger partial charge in [-0.15, -0.1) is 0 Å². The Morgan fingerprint density at radius 2 is 1.09 bits per heavy atom. The third-order valence-electron chi connectivity index (χ3n) is 10.3. The number of nitrogens with one attached hydrogen (secondary N) is 7. The zero-order valence-electron chi connectivity index (χ0n) is 39.0. The van der Waals surface area contributed by atoms with Crippen LogP contribution in [0, 0.1) is 11.8 Å². The van der Waals surface area contributed by atoms with Gasteiger partial charge in [-0.25, -0.2) is 4.79 Å². The molecule has 1 fully saturated rings. The van der Waals surface area contributed by atoms with E-state index in [0.29, 0.717) is 6.42 Å². The van der Waals surface area contributed by atoms with E-state index >= 15 is 0 Å². The van der Waals surface area contributed by atoms with E-state index in [0.717, 1.165) is 0 Å². The number of carboxylic acid groups (broad SMARTS) is 2. The number of aliphatic hydroxyl groups is 1. The maximum atomic E-state index is 13.7. The lowest BCUT2D eigenvalue weighted by Gasteiger charge is -2.29. The predicted octanol–water partition coefficient (Wildman–Crippen LogP) is -3.77. The fraction of sp³-hybridized carbons (Fsp3) is 0.732. The molecule has 25 nitrogen and oxygen atoms in total. The lowest BCUT2D eigenvalue weighted by atomic mass is 10.0. The van der Waals surface area contributed by atoms with Crippen molar-refractivity contribution in [2.75, 3.05) is 13.1 Å². The molecule has 8 amide bonds. The number of likely N-dealkylation sites (tertiary alicyclic amines) is 1. The maximum absolute atomic E-state index is 13.7. The Labute approximate surface area is 384 Å². The van der Waals surface area contributed by atoms with Crippen LogP contribution in [0.4, 0.5) is 0 Å². The Hall–Kier alpha value is -6.11. The van der Waals surface area contributed by atoms with Crippen molar-refractivity contribution in [3.05, 3.63) is 0 Å². The summed E-state index contributed by atoms with van der Waals surface area (Å²) >= 11 is 0. The molecule has 25 heteroatoms. The fourth-order valence-electron chi connectivity index (χ4n) is 6.77. The molecular formula is C41H72N12O13. The Morgan fingerprint density at radius 3 is 1.59 bits per heavy atom. The lowest BCUT2D eigenvalue weighted by molar-refractivity contribution is -0.149. The number of hydrogen-bond donors (Lipinski definition) is 13. The van der Waals surface area contributed by atoms with Crippen molar-refractivity contribution in [2.24, 2.45) is 34.0 Å². The molecule has 1 rings (SSSR count). The average molecular weight is 941 g/mol. The van der Waals surface area contributed by atoms with Crippen molar-refractivity contribution in [2.45, 2.75) is 167 Å². The van der Waals surface area contributed by atoms with Crippen LogP contribution >= 0.6 is 0 Å². The summed E-state index contributed by atoms with van der Waals surface area (Å²) in [5.74, 6) is -9.58. The number of hydrogen-bond acceptors (Lipinski definition) is 13. The Kier molecular flexibility index (Phi) is 24.6. The summed E-state index contributed by atoms with van der Waals surface area (Å²) in [5.41, 5.74) is 16.4. The van der Waals surface area contributed by atoms with Crippen molar-refractivity contribution in [3.8, 4) is 0 Å². The SMILES string of the molecule is CC(C)C[C@H](NC(=O)[C@H](CCC(=O)O)NC(=O)[C@H](C)N)C(=O)N[C@@H](C)C(=O)N[C@H](C(=O)N[C@@H](CCCN=C(N)N)C(=O)N[C@@H](C)C(=O)N[C@@H](CC(C)C)C(=O)N1CCC[C@H]1C(=O)O)[C@@H](C)O. The number of aliphatic carboxylic acids is 2. The van der Waals surface area contributed by atoms with Crippen LogP contribution in [0.1, 0.15) is 107 Å². The van der Waals surface area contributed by atoms with E-state index in [1.54, 1.807) is 13.8 Å². The number of carbonyl (C=O) groups excluding carboxylic acids is 8. The van der Waals surface area contributed by atoms with Crippen LogP contribution in [0.5, 0.6) is 0 Å². The van der Waals surface area contributed by atoms with Crippen molar-refractivity contribution in [3.63, 3.8) is 0 Å². The number of carbonyl (C=O) groups is 10. The second kappa shape index (κ2) is 28.0. The van der Waals surface area contributed by atoms with E-state index < -0.39 is 126 Å². The van der Waals surface area contributed by atoms with E-state index in [-0.39, 0.29) is 69.4 Å². The van der Waals surface area contributed by atoms with E-state index in [1.807, 2.05) is 13.8 Å². The molecule has 0 aromatic carbocycles. The second-order valence-electron chi connectivity index (χ2n) is 17.4. The van der Waals surface area contributed by atoms with Gasteiger partial charge < -0.3 is 74.6 Å². The zero-order chi connectivity index (χ0) is 50.6. The number of nitrogens with two attached hydrogens (primary N) is 3. The van der Waals surface area contributed by atoms with E-state index in [9.17, 15) is 58.2 Å². The summed E-state index contributed by atoms with van der Waals surface area (Å²) in [6.45, 7) is 12.5. The van der Waals surface area contributed by atoms with E-state index in [4.69, 9.17) is 22.3 Å². The molecular weight excluding hydrogens is 869 g/mol. The van der Waals surface area contributed by atoms with Gasteiger partial charge in [0.05, 0.1) is 12.1 Å². The van der Waals surface area contributed by atoms with Gasteiger partial charge in [-0.1, -0.05) is 27.7 Å². The summed E-state index contributed by atoms with van der Waals surface area (Å²) in [6, 6.07) is -11.6. The van der Waals surface area contributed by atoms with Crippen LogP contribution in [0.15, 0.2) is 4.99 Å². The number of aliphatic hydroxyl groups excluding tert-OH is 1. The van der Waals surface area contributed by atoms with Gasteiger partial charge in [-0.3, -0.25) is 48.1 Å². The standard InChI is InChI=1S/C41H72N12O13/c1-19(2)17-27(50-36(61)26(13-14-30(55)56)48-32(57)21(5)42)37(62)47-23(7)34(59)52-31(24(8)54)38(63)49-25(11-9-15-45-41(43)44)35(60)46-22(6)33(58)51-28(18-20(3)4)39(64)53-16-10-12-29(53)40(65)66/h19-29,31,54H,9-18,42H2,1-8H3,(H,46,60)(H,47,62)(H,48,57)(H,49,63)(H,50,61)(H,51,58)(H,52,59)(H,55,56)(H,65,66)(H4,43,44,45)/t21-,22-,23-,24+,25-,26-,27-,28-,29-,31-/m0/s1. The third kappa shape index (κ3) is 20.4. The number of rotatable bonds is 28. The van der Waals surface area contributed by atoms with Gasteiger partial charge >= 0.3 is 11.9 Å². The number of carboxylic acids is 2. The van der Waals surface area contributed by atoms with Crippen LogP contribution in [0.3, 0.4) is 0 Å². The molecule has 1 heterocycles. The molecule has 1 aliphatic heterocycles. The lowest BCUT2D eigenvalue weighted by Crippen LogP contribution is -2.61. The molecule has 0 bridgehead atoms. The Morgan fingerprint density at radius 1 is 0.621 bits per heavy atom. The Balaban J connectivity index is 3.21. The van der Waals surface area contributed by atoms with Gasteiger partial charge in [-0.2, -0.15) is 0 Å². The molecule has 0 unspecified atom stereocenters. The number of nitrogens with zero attached hydrogens (tertiary/aromatic N) is 2. The smallest absolute Gasteiger partial charge is 0.326 e. The topological polar surface area (TPSA) is 409 Å². The molecule has 66 heavy (non-hydrogen) atoms. The normalized spacial score (nSPS) is 17.6. The van der Waals surface area contributed by atoms with Gasteiger partial charge in [0.2, 0.25) is 47.3 Å². The third-order valence-corrected chi connectivity index (χ3v) is 10.3. The minimum Gasteiger partial charge on any atom is -0.481 e. The largest absolute Gasteiger partial charge is 0.481 e. The molecule has 0 radical (unpaired) electrons. The van der Waals surface area contributed by atoms with Crippen molar-refractivity contribution in [1.82, 2.24) is 42.1 Å². The number of guanidine groups is 1. The highest BCUT2D eigenvalue weighted by Gasteiger charge is 2.39. The molecule has 0 aromatic rings. The number of amides is 8. The van der Waals surface area contributed by atoms with Crippen molar-refractivity contribution < 1.29 is 63.3 Å². The first kappa shape index (κ1) is 57.9. The summed E-state index contributed by atoms with van der Waals surface area (Å²) in [7, 11) is 0. The summed E-state index contributed by atoms with van der Waals surface area (Å²) in [4.78, 5) is 135. The molecule has 1 aliphatic rings. The molecule has 10 atom stereocenters. The summed E-state index contributed by atoms with van der Waals surface area (Å²) < 4.78 is 0. The fourth-order valence-corrected chi connectivity index (χ4v) is 6.77. The van der Waals surface area contributed by atoms with Gasteiger partial charge in [-0.05, 0) is 84.5 Å². The summed E-state index contributed by atoms with van der Waals surface area (Å²) in [5, 5.41) is 46.6. The van der Waals surface area contributed by atoms with Crippen LogP contribution in [-0.2, 0) is 47.9 Å². The highest BCUT2D eigenvalue weighted by Crippen LogP contribution is 2.20. The number of aliphatic imine (C=N–C) groups is 1. The van der Waals surface area contributed by atoms with Gasteiger partial charge in [0.15, 0.2) is 5.96 Å². The monoisotopic (exact) mass is 941 g/mol. The maximum Gasteiger partial charge on any atom is 0.326 e. The quantitative estimate of drug-likeness (QED) is 0.0203. The van der Waals surface area contributed by atoms with Gasteiger partial charge in [0, 0.05) is 19.5 Å². The first-order valence-corrected chi connectivity index (χ1v) is 22.0. The van der Waals surface area contributed by atoms with Crippen molar-refractivity contribution in [1.29, 1.82) is 0 Å². The van der Waals surface area contributed by atoms with Crippen LogP contribution < -0.4 is 54.4 Å². The predicted molar refractivity (Wildman–Crippen MR) is 238 cm³/mol. The van der Waals surface area contributed by atoms with Gasteiger partial charge in [0.1, 0.15) is 48.3 Å². The van der Waals surface area contributed by atoms with Crippen LogP contribution in [0.2, 0.25) is 0 Å². The molecule has 0 aromatic heterocycles. The molecule has 0 aliphatic carbocycles. The first-order valence-electron chi connectivity index (χ1n) is 22.0. The minimum atomic E-state index is -1.71. The van der Waals surface area contributed by atoms with E-state index in [2.05, 4.69) is 42.2 Å². The van der Waals surface area contributed by atoms with Crippen LogP contribution in [0.25, 0.3) is 0 Å².